The molecule has 0 aromatic heterocycles. The molecule has 0 aromatic rings. The Balaban J connectivity index is 2.31. The number of rotatable bonds is 0. The highest BCUT2D eigenvalue weighted by atomic mass is 32.1. The second-order valence-electron chi connectivity index (χ2n) is 3.24. The van der Waals surface area contributed by atoms with Gasteiger partial charge in [-0.05, 0) is 12.8 Å². The molecular weight excluding hydrogens is 172 g/mol. The van der Waals surface area contributed by atoms with E-state index >= 15 is 0 Å². The summed E-state index contributed by atoms with van der Waals surface area (Å²) in [6.45, 7) is 0.579. The average Bonchev–Trinajstić information content (AvgIpc) is 2.08. The van der Waals surface area contributed by atoms with Crippen molar-refractivity contribution in [2.75, 3.05) is 6.61 Å². The molecule has 1 aliphatic rings. The molecule has 1 rings (SSSR count). The van der Waals surface area contributed by atoms with E-state index in [4.69, 9.17) is 4.74 Å². The fraction of sp³-hybridized carbons (Fsp3) is 0.889. The third kappa shape index (κ3) is 3.48. The molecule has 0 radical (unpaired) electrons. The van der Waals surface area contributed by atoms with Gasteiger partial charge in [-0.2, -0.15) is 12.6 Å². The first-order valence-electron chi connectivity index (χ1n) is 4.65. The quantitative estimate of drug-likeness (QED) is 0.466. The van der Waals surface area contributed by atoms with Gasteiger partial charge in [0.05, 0.1) is 11.9 Å². The summed E-state index contributed by atoms with van der Waals surface area (Å²) in [7, 11) is 0. The van der Waals surface area contributed by atoms with Crippen molar-refractivity contribution in [2.24, 2.45) is 0 Å². The minimum Gasteiger partial charge on any atom is -0.465 e. The normalized spacial score (nSPS) is 27.8. The van der Waals surface area contributed by atoms with Gasteiger partial charge < -0.3 is 4.74 Å². The van der Waals surface area contributed by atoms with Crippen LogP contribution in [0.5, 0.6) is 0 Å². The van der Waals surface area contributed by atoms with E-state index in [9.17, 15) is 4.79 Å². The van der Waals surface area contributed by atoms with E-state index in [1.54, 1.807) is 0 Å². The van der Waals surface area contributed by atoms with E-state index in [1.807, 2.05) is 0 Å². The zero-order chi connectivity index (χ0) is 8.81. The smallest absolute Gasteiger partial charge is 0.318 e. The largest absolute Gasteiger partial charge is 0.465 e. The maximum absolute atomic E-state index is 11.1. The molecule has 0 amide bonds. The highest BCUT2D eigenvalue weighted by Gasteiger charge is 2.15. The van der Waals surface area contributed by atoms with Crippen LogP contribution in [0.25, 0.3) is 0 Å². The monoisotopic (exact) mass is 188 g/mol. The maximum Gasteiger partial charge on any atom is 0.318 e. The first kappa shape index (κ1) is 9.90. The Bertz CT molecular complexity index is 147. The van der Waals surface area contributed by atoms with Crippen LogP contribution in [0.15, 0.2) is 0 Å². The van der Waals surface area contributed by atoms with Crippen molar-refractivity contribution >= 4 is 18.6 Å². The van der Waals surface area contributed by atoms with Crippen LogP contribution in [-0.2, 0) is 9.53 Å². The molecule has 1 heterocycles. The first-order chi connectivity index (χ1) is 5.80. The van der Waals surface area contributed by atoms with Crippen molar-refractivity contribution in [1.29, 1.82) is 0 Å². The fourth-order valence-electron chi connectivity index (χ4n) is 1.36. The summed E-state index contributed by atoms with van der Waals surface area (Å²) < 4.78 is 5.02. The van der Waals surface area contributed by atoms with Gasteiger partial charge in [0.2, 0.25) is 0 Å². The van der Waals surface area contributed by atoms with Crippen LogP contribution in [0.3, 0.4) is 0 Å². The van der Waals surface area contributed by atoms with Crippen LogP contribution < -0.4 is 0 Å². The Kier molecular flexibility index (Phi) is 4.51. The third-order valence-corrected chi connectivity index (χ3v) is 2.61. The van der Waals surface area contributed by atoms with Gasteiger partial charge in [0, 0.05) is 0 Å². The lowest BCUT2D eigenvalue weighted by Gasteiger charge is -2.12. The van der Waals surface area contributed by atoms with E-state index in [2.05, 4.69) is 12.6 Å². The van der Waals surface area contributed by atoms with Gasteiger partial charge in [0.15, 0.2) is 0 Å². The molecule has 2 nitrogen and oxygen atoms in total. The third-order valence-electron chi connectivity index (χ3n) is 2.14. The predicted octanol–water partition coefficient (Wildman–Crippen LogP) is 2.18. The van der Waals surface area contributed by atoms with Crippen molar-refractivity contribution in [3.05, 3.63) is 0 Å². The van der Waals surface area contributed by atoms with Crippen LogP contribution in [0.1, 0.15) is 38.5 Å². The van der Waals surface area contributed by atoms with Gasteiger partial charge in [-0.15, -0.1) is 0 Å². The fourth-order valence-corrected chi connectivity index (χ4v) is 1.61. The van der Waals surface area contributed by atoms with Gasteiger partial charge in [0.25, 0.3) is 0 Å². The van der Waals surface area contributed by atoms with E-state index in [-0.39, 0.29) is 11.2 Å². The molecule has 0 bridgehead atoms. The molecule has 70 valence electrons. The lowest BCUT2D eigenvalue weighted by molar-refractivity contribution is -0.143. The van der Waals surface area contributed by atoms with Gasteiger partial charge in [-0.25, -0.2) is 0 Å². The summed E-state index contributed by atoms with van der Waals surface area (Å²) in [6, 6.07) is 0. The van der Waals surface area contributed by atoms with E-state index in [0.717, 1.165) is 19.3 Å². The lowest BCUT2D eigenvalue weighted by Crippen LogP contribution is -2.19. The topological polar surface area (TPSA) is 26.3 Å². The number of esters is 1. The minimum absolute atomic E-state index is 0.139. The maximum atomic E-state index is 11.1. The van der Waals surface area contributed by atoms with Crippen molar-refractivity contribution in [1.82, 2.24) is 0 Å². The summed E-state index contributed by atoms with van der Waals surface area (Å²) >= 11 is 4.18. The SMILES string of the molecule is O=C1OCCCCCCCC1S. The lowest BCUT2D eigenvalue weighted by atomic mass is 10.1. The molecule has 1 atom stereocenters. The zero-order valence-corrected chi connectivity index (χ0v) is 8.19. The Morgan fingerprint density at radius 2 is 1.83 bits per heavy atom. The highest BCUT2D eigenvalue weighted by molar-refractivity contribution is 7.81. The molecule has 1 unspecified atom stereocenters. The van der Waals surface area contributed by atoms with Gasteiger partial charge in [-0.3, -0.25) is 4.79 Å². The molecule has 0 saturated carbocycles. The number of ether oxygens (including phenoxy) is 1. The van der Waals surface area contributed by atoms with Crippen LogP contribution in [0.2, 0.25) is 0 Å². The number of carbonyl (C=O) groups excluding carboxylic acids is 1. The molecular formula is C9H16O2S. The van der Waals surface area contributed by atoms with Crippen molar-refractivity contribution < 1.29 is 9.53 Å². The number of hydrogen-bond donors (Lipinski definition) is 1. The van der Waals surface area contributed by atoms with E-state index in [0.29, 0.717) is 6.61 Å². The summed E-state index contributed by atoms with van der Waals surface area (Å²) in [5.41, 5.74) is 0. The number of thiol groups is 1. The van der Waals surface area contributed by atoms with Crippen LogP contribution >= 0.6 is 12.6 Å². The Morgan fingerprint density at radius 3 is 2.67 bits per heavy atom. The predicted molar refractivity (Wildman–Crippen MR) is 51.4 cm³/mol. The summed E-state index contributed by atoms with van der Waals surface area (Å²) in [5, 5.41) is -0.192. The Hall–Kier alpha value is -0.180. The van der Waals surface area contributed by atoms with Crippen molar-refractivity contribution in [3.63, 3.8) is 0 Å². The zero-order valence-electron chi connectivity index (χ0n) is 7.29. The minimum atomic E-state index is -0.192. The van der Waals surface area contributed by atoms with Crippen molar-refractivity contribution in [2.45, 2.75) is 43.8 Å². The molecule has 3 heteroatoms. The summed E-state index contributed by atoms with van der Waals surface area (Å²) in [4.78, 5) is 11.1. The Labute approximate surface area is 79.1 Å². The van der Waals surface area contributed by atoms with Gasteiger partial charge >= 0.3 is 5.97 Å². The van der Waals surface area contributed by atoms with E-state index < -0.39 is 0 Å². The van der Waals surface area contributed by atoms with E-state index in [1.165, 1.54) is 19.3 Å². The first-order valence-corrected chi connectivity index (χ1v) is 5.17. The standard InChI is InChI=1S/C9H16O2S/c10-9-8(12)6-4-2-1-3-5-7-11-9/h8,12H,1-7H2. The molecule has 0 N–H and O–H groups in total. The van der Waals surface area contributed by atoms with Crippen LogP contribution in [0.4, 0.5) is 0 Å². The van der Waals surface area contributed by atoms with Gasteiger partial charge in [-0.1, -0.05) is 25.7 Å². The average molecular weight is 188 g/mol. The molecule has 0 spiro atoms. The number of cyclic esters (lactones) is 1. The molecule has 1 saturated heterocycles. The number of carbonyl (C=O) groups is 1. The summed E-state index contributed by atoms with van der Waals surface area (Å²) in [6.07, 6.45) is 6.64. The molecule has 12 heavy (non-hydrogen) atoms. The summed E-state index contributed by atoms with van der Waals surface area (Å²) in [5.74, 6) is -0.139. The highest BCUT2D eigenvalue weighted by Crippen LogP contribution is 2.14. The van der Waals surface area contributed by atoms with Gasteiger partial charge in [0.1, 0.15) is 0 Å². The molecule has 1 fully saturated rings. The van der Waals surface area contributed by atoms with Crippen LogP contribution in [0, 0.1) is 0 Å². The number of hydrogen-bond acceptors (Lipinski definition) is 3. The second kappa shape index (κ2) is 5.46. The Morgan fingerprint density at radius 1 is 1.17 bits per heavy atom. The molecule has 0 aromatic carbocycles. The molecule has 1 aliphatic heterocycles. The van der Waals surface area contributed by atoms with Crippen LogP contribution in [-0.4, -0.2) is 17.8 Å². The second-order valence-corrected chi connectivity index (χ2v) is 3.86. The van der Waals surface area contributed by atoms with Crippen molar-refractivity contribution in [3.8, 4) is 0 Å². The molecule has 0 aliphatic carbocycles.